The number of unbranched alkanes of at least 4 members (excludes halogenated alkanes) is 2. The number of amides is 2. The van der Waals surface area contributed by atoms with Gasteiger partial charge in [0.1, 0.15) is 12.1 Å². The molecule has 0 aliphatic carbocycles. The summed E-state index contributed by atoms with van der Waals surface area (Å²) >= 11 is 0. The summed E-state index contributed by atoms with van der Waals surface area (Å²) in [5, 5.41) is 1.02. The molecule has 2 heterocycles. The van der Waals surface area contributed by atoms with Gasteiger partial charge in [0.15, 0.2) is 11.5 Å². The molecule has 0 bridgehead atoms. The zero-order valence-electron chi connectivity index (χ0n) is 24.7. The first kappa shape index (κ1) is 29.3. The second-order valence-corrected chi connectivity index (χ2v) is 11.5. The van der Waals surface area contributed by atoms with Crippen molar-refractivity contribution in [3.8, 4) is 11.5 Å². The van der Waals surface area contributed by atoms with Crippen LogP contribution in [-0.4, -0.2) is 53.4 Å². The Morgan fingerprint density at radius 3 is 2.60 bits per heavy atom. The molecule has 8 heteroatoms. The number of hydrogen-bond donors (Lipinski definition) is 0. The van der Waals surface area contributed by atoms with Crippen LogP contribution in [0.1, 0.15) is 65.9 Å². The molecule has 0 unspecified atom stereocenters. The lowest BCUT2D eigenvalue weighted by Crippen LogP contribution is -2.53. The van der Waals surface area contributed by atoms with Crippen LogP contribution in [0.25, 0.3) is 10.9 Å². The van der Waals surface area contributed by atoms with Gasteiger partial charge in [0, 0.05) is 48.0 Å². The van der Waals surface area contributed by atoms with Crippen molar-refractivity contribution < 1.29 is 23.8 Å². The summed E-state index contributed by atoms with van der Waals surface area (Å²) in [6, 6.07) is 13.8. The van der Waals surface area contributed by atoms with Gasteiger partial charge in [-0.15, -0.1) is 0 Å². The highest BCUT2D eigenvalue weighted by atomic mass is 16.6. The van der Waals surface area contributed by atoms with Gasteiger partial charge in [-0.1, -0.05) is 31.9 Å². The van der Waals surface area contributed by atoms with Crippen molar-refractivity contribution in [3.63, 3.8) is 0 Å². The Labute approximate surface area is 237 Å². The Hall–Kier alpha value is -3.68. The number of nitrogens with zero attached hydrogens (tertiary/aromatic N) is 3. The lowest BCUT2D eigenvalue weighted by atomic mass is 10.1. The maximum absolute atomic E-state index is 13.8. The van der Waals surface area contributed by atoms with Crippen molar-refractivity contribution in [2.45, 2.75) is 85.0 Å². The Morgan fingerprint density at radius 2 is 1.88 bits per heavy atom. The number of ether oxygens (including phenoxy) is 3. The Bertz CT molecular complexity index is 1330. The van der Waals surface area contributed by atoms with Gasteiger partial charge >= 0.3 is 12.0 Å². The summed E-state index contributed by atoms with van der Waals surface area (Å²) in [6.45, 7) is 11.7. The molecule has 1 fully saturated rings. The molecule has 1 atom stereocenters. The largest absolute Gasteiger partial charge is 0.493 e. The molecule has 0 spiro atoms. The van der Waals surface area contributed by atoms with E-state index in [1.54, 1.807) is 7.11 Å². The highest BCUT2D eigenvalue weighted by molar-refractivity contribution is 5.94. The van der Waals surface area contributed by atoms with Crippen LogP contribution in [0, 0.1) is 0 Å². The van der Waals surface area contributed by atoms with E-state index in [1.165, 1.54) is 0 Å². The molecule has 4 rings (SSSR count). The predicted octanol–water partition coefficient (Wildman–Crippen LogP) is 6.78. The van der Waals surface area contributed by atoms with E-state index in [0.717, 1.165) is 47.8 Å². The van der Waals surface area contributed by atoms with E-state index in [2.05, 4.69) is 19.9 Å². The van der Waals surface area contributed by atoms with Gasteiger partial charge in [0.05, 0.1) is 13.7 Å². The molecule has 1 saturated heterocycles. The zero-order valence-corrected chi connectivity index (χ0v) is 24.7. The summed E-state index contributed by atoms with van der Waals surface area (Å²) in [7, 11) is 1.63. The molecular weight excluding hydrogens is 506 g/mol. The van der Waals surface area contributed by atoms with Gasteiger partial charge < -0.3 is 23.7 Å². The maximum Gasteiger partial charge on any atom is 0.326 e. The number of rotatable bonds is 11. The topological polar surface area (TPSA) is 73.2 Å². The van der Waals surface area contributed by atoms with Crippen molar-refractivity contribution in [2.24, 2.45) is 0 Å². The van der Waals surface area contributed by atoms with Crippen LogP contribution in [0.3, 0.4) is 0 Å². The molecular formula is C32H43N3O5. The third-order valence-corrected chi connectivity index (χ3v) is 7.21. The first-order chi connectivity index (χ1) is 19.1. The minimum Gasteiger partial charge on any atom is -0.493 e. The minimum absolute atomic E-state index is 0.0361. The van der Waals surface area contributed by atoms with E-state index in [0.29, 0.717) is 31.2 Å². The number of esters is 1. The molecule has 0 saturated carbocycles. The number of aromatic nitrogens is 1. The van der Waals surface area contributed by atoms with Gasteiger partial charge in [-0.25, -0.2) is 4.79 Å². The summed E-state index contributed by atoms with van der Waals surface area (Å²) in [4.78, 5) is 30.1. The normalized spacial score (nSPS) is 15.9. The molecule has 216 valence electrons. The van der Waals surface area contributed by atoms with Crippen molar-refractivity contribution >= 4 is 28.6 Å². The number of urea groups is 1. The average molecular weight is 550 g/mol. The first-order valence-corrected chi connectivity index (χ1v) is 14.3. The zero-order chi connectivity index (χ0) is 28.9. The van der Waals surface area contributed by atoms with Crippen molar-refractivity contribution in [1.82, 2.24) is 9.47 Å². The molecule has 2 aromatic carbocycles. The Morgan fingerprint density at radius 1 is 1.07 bits per heavy atom. The first-order valence-electron chi connectivity index (χ1n) is 14.3. The Balaban J connectivity index is 1.53. The molecule has 1 aromatic heterocycles. The monoisotopic (exact) mass is 549 g/mol. The van der Waals surface area contributed by atoms with E-state index >= 15 is 0 Å². The van der Waals surface area contributed by atoms with Gasteiger partial charge in [-0.05, 0) is 70.4 Å². The quantitative estimate of drug-likeness (QED) is 0.195. The van der Waals surface area contributed by atoms with Crippen molar-refractivity contribution in [1.29, 1.82) is 0 Å². The third kappa shape index (κ3) is 6.90. The molecule has 3 aromatic rings. The van der Waals surface area contributed by atoms with E-state index < -0.39 is 5.60 Å². The fraction of sp³-hybridized carbons (Fsp3) is 0.500. The third-order valence-electron chi connectivity index (χ3n) is 7.21. The van der Waals surface area contributed by atoms with Gasteiger partial charge in [-0.3, -0.25) is 9.69 Å². The fourth-order valence-electron chi connectivity index (χ4n) is 5.11. The van der Waals surface area contributed by atoms with Crippen LogP contribution in [0.5, 0.6) is 11.5 Å². The lowest BCUT2D eigenvalue weighted by molar-refractivity contribution is -0.155. The van der Waals surface area contributed by atoms with E-state index in [1.807, 2.05) is 77.7 Å². The van der Waals surface area contributed by atoms with E-state index in [4.69, 9.17) is 14.2 Å². The summed E-state index contributed by atoms with van der Waals surface area (Å²) in [5.74, 6) is 1.04. The summed E-state index contributed by atoms with van der Waals surface area (Å²) in [6.07, 6.45) is 5.96. The number of anilines is 1. The number of carbonyl (C=O) groups excluding carboxylic acids is 2. The second-order valence-electron chi connectivity index (χ2n) is 11.5. The average Bonchev–Trinajstić information content (AvgIpc) is 3.31. The summed E-state index contributed by atoms with van der Waals surface area (Å²) < 4.78 is 19.0. The summed E-state index contributed by atoms with van der Waals surface area (Å²) in [5.41, 5.74) is 2.25. The van der Waals surface area contributed by atoms with E-state index in [-0.39, 0.29) is 24.6 Å². The van der Waals surface area contributed by atoms with Crippen LogP contribution in [0.15, 0.2) is 48.7 Å². The molecule has 8 nitrogen and oxygen atoms in total. The molecule has 0 N–H and O–H groups in total. The number of fused-ring (bicyclic) bond motifs is 1. The molecule has 40 heavy (non-hydrogen) atoms. The smallest absolute Gasteiger partial charge is 0.326 e. The predicted molar refractivity (Wildman–Crippen MR) is 158 cm³/mol. The molecule has 2 amide bonds. The standard InChI is InChI=1S/C32H43N3O5/c1-7-8-9-19-39-29-20-25(13-14-28(29)38-6)34-18-15-23(2)35(31(34)37)21-24-11-10-12-27-26(24)16-17-33(27)22-30(36)40-32(3,4)5/h10-14,16-17,20,23H,7-9,15,18-19,21-22H2,1-6H3/t23-/m1/s1. The number of carbonyl (C=O) groups is 2. The fourth-order valence-corrected chi connectivity index (χ4v) is 5.11. The van der Waals surface area contributed by atoms with Crippen LogP contribution >= 0.6 is 0 Å². The van der Waals surface area contributed by atoms with Crippen LogP contribution in [0.2, 0.25) is 0 Å². The van der Waals surface area contributed by atoms with Crippen LogP contribution in [0.4, 0.5) is 10.5 Å². The number of methoxy groups -OCH3 is 1. The highest BCUT2D eigenvalue weighted by Crippen LogP contribution is 2.34. The highest BCUT2D eigenvalue weighted by Gasteiger charge is 2.32. The number of hydrogen-bond acceptors (Lipinski definition) is 5. The van der Waals surface area contributed by atoms with Crippen molar-refractivity contribution in [2.75, 3.05) is 25.2 Å². The van der Waals surface area contributed by atoms with Crippen molar-refractivity contribution in [3.05, 3.63) is 54.2 Å². The van der Waals surface area contributed by atoms with Gasteiger partial charge in [0.2, 0.25) is 0 Å². The SMILES string of the molecule is CCCCCOc1cc(N2CC[C@@H](C)N(Cc3cccc4c3ccn4CC(=O)OC(C)(C)C)C2=O)ccc1OC. The second kappa shape index (κ2) is 12.7. The molecule has 1 aliphatic heterocycles. The lowest BCUT2D eigenvalue weighted by Gasteiger charge is -2.40. The Kier molecular flexibility index (Phi) is 9.28. The molecule has 1 aliphatic rings. The molecule has 0 radical (unpaired) electrons. The van der Waals surface area contributed by atoms with Gasteiger partial charge in [-0.2, -0.15) is 0 Å². The minimum atomic E-state index is -0.534. The van der Waals surface area contributed by atoms with Gasteiger partial charge in [0.25, 0.3) is 0 Å². The number of benzene rings is 2. The maximum atomic E-state index is 13.8. The van der Waals surface area contributed by atoms with Crippen LogP contribution < -0.4 is 14.4 Å². The van der Waals surface area contributed by atoms with Crippen LogP contribution in [-0.2, 0) is 22.6 Å². The van der Waals surface area contributed by atoms with E-state index in [9.17, 15) is 9.59 Å².